The fraction of sp³-hybridized carbons (Fsp3) is 0.314. The van der Waals surface area contributed by atoms with Crippen LogP contribution in [0.1, 0.15) is 42.3 Å². The van der Waals surface area contributed by atoms with Crippen LogP contribution in [-0.4, -0.2) is 48.2 Å². The first-order valence-corrected chi connectivity index (χ1v) is 14.5. The number of nitrogens with zero attached hydrogens (tertiary/aromatic N) is 1. The maximum atomic E-state index is 13.5. The molecule has 1 fully saturated rings. The number of carbonyl (C=O) groups excluding carboxylic acids is 2. The van der Waals surface area contributed by atoms with Gasteiger partial charge in [0.05, 0.1) is 24.8 Å². The van der Waals surface area contributed by atoms with Crippen molar-refractivity contribution in [3.8, 4) is 11.1 Å². The van der Waals surface area contributed by atoms with E-state index in [0.717, 1.165) is 34.0 Å². The van der Waals surface area contributed by atoms with Gasteiger partial charge in [0.25, 0.3) is 5.91 Å². The highest BCUT2D eigenvalue weighted by molar-refractivity contribution is 6.02. The molecule has 0 spiro atoms. The van der Waals surface area contributed by atoms with Crippen molar-refractivity contribution in [2.75, 3.05) is 19.7 Å². The first-order valence-electron chi connectivity index (χ1n) is 14.5. The normalized spacial score (nSPS) is 14.6. The van der Waals surface area contributed by atoms with Gasteiger partial charge < -0.3 is 19.7 Å². The first kappa shape index (κ1) is 31.1. The van der Waals surface area contributed by atoms with E-state index in [4.69, 9.17) is 9.47 Å². The average molecular weight is 605 g/mol. The molecular weight excluding hydrogens is 569 g/mol. The Morgan fingerprint density at radius 1 is 0.909 bits per heavy atom. The maximum absolute atomic E-state index is 13.5. The van der Waals surface area contributed by atoms with Gasteiger partial charge in [-0.15, -0.1) is 0 Å². The van der Waals surface area contributed by atoms with Crippen LogP contribution in [0.5, 0.6) is 0 Å². The van der Waals surface area contributed by atoms with Crippen LogP contribution in [0.3, 0.4) is 0 Å². The molecule has 44 heavy (non-hydrogen) atoms. The molecule has 1 aliphatic rings. The van der Waals surface area contributed by atoms with E-state index in [0.29, 0.717) is 30.8 Å². The SMILES string of the molecule is CC(C)(C)OC(=O)N1CC([C@@H](COCc2ccccc2)NC(=O)c2ccc3c(-c4ccc(C(F)(F)F)cc4)cccc3c2)C1. The zero-order valence-electron chi connectivity index (χ0n) is 24.9. The Labute approximate surface area is 254 Å². The smallest absolute Gasteiger partial charge is 0.416 e. The number of likely N-dealkylation sites (tertiary alicyclic amines) is 1. The van der Waals surface area contributed by atoms with Crippen molar-refractivity contribution in [2.24, 2.45) is 5.92 Å². The van der Waals surface area contributed by atoms with Gasteiger partial charge in [0.15, 0.2) is 0 Å². The number of amides is 2. The summed E-state index contributed by atoms with van der Waals surface area (Å²) in [5.41, 5.74) is 1.57. The van der Waals surface area contributed by atoms with Crippen molar-refractivity contribution >= 4 is 22.8 Å². The van der Waals surface area contributed by atoms with Crippen molar-refractivity contribution in [3.63, 3.8) is 0 Å². The van der Waals surface area contributed by atoms with Gasteiger partial charge in [-0.3, -0.25) is 4.79 Å². The van der Waals surface area contributed by atoms with Crippen LogP contribution in [-0.2, 0) is 22.3 Å². The summed E-state index contributed by atoms with van der Waals surface area (Å²) in [6, 6.07) is 25.3. The minimum absolute atomic E-state index is 0.0195. The van der Waals surface area contributed by atoms with E-state index in [1.165, 1.54) is 12.1 Å². The van der Waals surface area contributed by atoms with Crippen molar-refractivity contribution in [2.45, 2.75) is 45.2 Å². The lowest BCUT2D eigenvalue weighted by Crippen LogP contribution is -2.60. The number of hydrogen-bond donors (Lipinski definition) is 1. The van der Waals surface area contributed by atoms with Crippen LogP contribution < -0.4 is 5.32 Å². The highest BCUT2D eigenvalue weighted by Gasteiger charge is 2.39. The molecule has 6 nitrogen and oxygen atoms in total. The molecular formula is C35H35F3N2O4. The molecule has 0 aromatic heterocycles. The quantitative estimate of drug-likeness (QED) is 0.224. The van der Waals surface area contributed by atoms with Crippen LogP contribution in [0.15, 0.2) is 91.0 Å². The third kappa shape index (κ3) is 7.58. The van der Waals surface area contributed by atoms with Crippen LogP contribution in [0.4, 0.5) is 18.0 Å². The minimum atomic E-state index is -4.41. The lowest BCUT2D eigenvalue weighted by molar-refractivity contribution is -0.137. The summed E-state index contributed by atoms with van der Waals surface area (Å²) in [4.78, 5) is 27.6. The van der Waals surface area contributed by atoms with E-state index in [1.54, 1.807) is 17.0 Å². The summed E-state index contributed by atoms with van der Waals surface area (Å²) in [5.74, 6) is -0.301. The molecule has 0 bridgehead atoms. The summed E-state index contributed by atoms with van der Waals surface area (Å²) in [6.45, 7) is 6.97. The van der Waals surface area contributed by atoms with Gasteiger partial charge in [0.1, 0.15) is 5.60 Å². The van der Waals surface area contributed by atoms with Gasteiger partial charge in [-0.2, -0.15) is 13.2 Å². The Balaban J connectivity index is 1.30. The number of ether oxygens (including phenoxy) is 2. The Hall–Kier alpha value is -4.37. The predicted octanol–water partition coefficient (Wildman–Crippen LogP) is 7.71. The number of rotatable bonds is 8. The van der Waals surface area contributed by atoms with E-state index in [2.05, 4.69) is 5.32 Å². The highest BCUT2D eigenvalue weighted by Crippen LogP contribution is 2.34. The fourth-order valence-corrected chi connectivity index (χ4v) is 5.18. The van der Waals surface area contributed by atoms with Gasteiger partial charge in [0.2, 0.25) is 0 Å². The van der Waals surface area contributed by atoms with Crippen LogP contribution >= 0.6 is 0 Å². The van der Waals surface area contributed by atoms with E-state index >= 15 is 0 Å². The molecule has 9 heteroatoms. The summed E-state index contributed by atoms with van der Waals surface area (Å²) in [7, 11) is 0. The number of fused-ring (bicyclic) bond motifs is 1. The molecule has 0 radical (unpaired) electrons. The average Bonchev–Trinajstić information content (AvgIpc) is 2.95. The number of halogens is 3. The standard InChI is InChI=1S/C35H35F3N2O4/c1-34(2,3)44-33(42)40-19-27(20-40)31(22-43-21-23-8-5-4-6-9-23)39-32(41)26-14-17-30-25(18-26)10-7-11-29(30)24-12-15-28(16-13-24)35(36,37)38/h4-18,27,31H,19-22H2,1-3H3,(H,39,41)/t31-/m1/s1. The molecule has 1 aliphatic heterocycles. The fourth-order valence-electron chi connectivity index (χ4n) is 5.18. The number of benzene rings is 4. The highest BCUT2D eigenvalue weighted by atomic mass is 19.4. The van der Waals surface area contributed by atoms with Crippen molar-refractivity contribution in [3.05, 3.63) is 108 Å². The second kappa shape index (κ2) is 12.7. The number of alkyl halides is 3. The topological polar surface area (TPSA) is 67.9 Å². The van der Waals surface area contributed by atoms with Gasteiger partial charge in [-0.05, 0) is 72.5 Å². The largest absolute Gasteiger partial charge is 0.444 e. The van der Waals surface area contributed by atoms with E-state index in [9.17, 15) is 22.8 Å². The van der Waals surface area contributed by atoms with Crippen molar-refractivity contribution < 1.29 is 32.2 Å². The van der Waals surface area contributed by atoms with Crippen molar-refractivity contribution in [1.29, 1.82) is 0 Å². The third-order valence-electron chi connectivity index (χ3n) is 7.52. The molecule has 1 N–H and O–H groups in total. The molecule has 2 amide bonds. The van der Waals surface area contributed by atoms with Crippen LogP contribution in [0.2, 0.25) is 0 Å². The molecule has 0 unspecified atom stereocenters. The Bertz CT molecular complexity index is 1610. The van der Waals surface area contributed by atoms with E-state index in [1.807, 2.05) is 75.4 Å². The molecule has 5 rings (SSSR count). The maximum Gasteiger partial charge on any atom is 0.416 e. The second-order valence-corrected chi connectivity index (χ2v) is 12.0. The lowest BCUT2D eigenvalue weighted by atomic mass is 9.91. The molecule has 0 aliphatic carbocycles. The van der Waals surface area contributed by atoms with Crippen LogP contribution in [0.25, 0.3) is 21.9 Å². The monoisotopic (exact) mass is 604 g/mol. The molecule has 0 saturated carbocycles. The van der Waals surface area contributed by atoms with Gasteiger partial charge in [-0.25, -0.2) is 4.79 Å². The molecule has 4 aromatic carbocycles. The Morgan fingerprint density at radius 3 is 2.27 bits per heavy atom. The van der Waals surface area contributed by atoms with Gasteiger partial charge in [0, 0.05) is 24.6 Å². The third-order valence-corrected chi connectivity index (χ3v) is 7.52. The number of carbonyl (C=O) groups is 2. The predicted molar refractivity (Wildman–Crippen MR) is 163 cm³/mol. The molecule has 4 aromatic rings. The summed E-state index contributed by atoms with van der Waals surface area (Å²) < 4.78 is 50.6. The Morgan fingerprint density at radius 2 is 1.61 bits per heavy atom. The number of hydrogen-bond acceptors (Lipinski definition) is 4. The zero-order chi connectivity index (χ0) is 31.5. The number of nitrogens with one attached hydrogen (secondary N) is 1. The lowest BCUT2D eigenvalue weighted by Gasteiger charge is -2.43. The van der Waals surface area contributed by atoms with E-state index < -0.39 is 17.3 Å². The zero-order valence-corrected chi connectivity index (χ0v) is 24.9. The van der Waals surface area contributed by atoms with Crippen molar-refractivity contribution in [1.82, 2.24) is 10.2 Å². The van der Waals surface area contributed by atoms with Gasteiger partial charge >= 0.3 is 12.3 Å². The molecule has 230 valence electrons. The molecule has 1 heterocycles. The summed E-state index contributed by atoms with van der Waals surface area (Å²) >= 11 is 0. The Kier molecular flexibility index (Phi) is 8.97. The first-order chi connectivity index (χ1) is 20.9. The van der Waals surface area contributed by atoms with E-state index in [-0.39, 0.29) is 30.6 Å². The minimum Gasteiger partial charge on any atom is -0.444 e. The molecule has 1 saturated heterocycles. The summed E-state index contributed by atoms with van der Waals surface area (Å²) in [5, 5.41) is 4.71. The second-order valence-electron chi connectivity index (χ2n) is 12.0. The van der Waals surface area contributed by atoms with Gasteiger partial charge in [-0.1, -0.05) is 66.7 Å². The van der Waals surface area contributed by atoms with Crippen LogP contribution in [0, 0.1) is 5.92 Å². The summed E-state index contributed by atoms with van der Waals surface area (Å²) in [6.07, 6.45) is -4.79. The molecule has 1 atom stereocenters.